The zero-order valence-electron chi connectivity index (χ0n) is 17.6. The lowest BCUT2D eigenvalue weighted by molar-refractivity contribution is -0.132. The van der Waals surface area contributed by atoms with Crippen molar-refractivity contribution in [2.75, 3.05) is 0 Å². The van der Waals surface area contributed by atoms with Crippen molar-refractivity contribution in [2.45, 2.75) is 69.5 Å². The van der Waals surface area contributed by atoms with Gasteiger partial charge in [0.25, 0.3) is 10.1 Å². The van der Waals surface area contributed by atoms with E-state index in [4.69, 9.17) is 4.18 Å². The van der Waals surface area contributed by atoms with Gasteiger partial charge in [0, 0.05) is 0 Å². The summed E-state index contributed by atoms with van der Waals surface area (Å²) in [6, 6.07) is 15.1. The molecule has 0 amide bonds. The van der Waals surface area contributed by atoms with Crippen molar-refractivity contribution in [1.29, 1.82) is 0 Å². The Labute approximate surface area is 174 Å². The molecule has 0 unspecified atom stereocenters. The highest BCUT2D eigenvalue weighted by molar-refractivity contribution is 7.86. The average Bonchev–Trinajstić information content (AvgIpc) is 2.66. The van der Waals surface area contributed by atoms with Crippen LogP contribution < -0.4 is 0 Å². The zero-order chi connectivity index (χ0) is 21.0. The lowest BCUT2D eigenvalue weighted by atomic mass is 9.49. The Balaban J connectivity index is 1.72. The maximum absolute atomic E-state index is 12.9. The highest BCUT2D eigenvalue weighted by Gasteiger charge is 2.58. The highest BCUT2D eigenvalue weighted by Crippen LogP contribution is 2.57. The molecule has 1 fully saturated rings. The van der Waals surface area contributed by atoms with Crippen LogP contribution in [-0.4, -0.2) is 25.7 Å². The monoisotopic (exact) mass is 414 g/mol. The second kappa shape index (κ2) is 6.93. The number of aryl methyl sites for hydroxylation is 2. The second-order valence-electron chi connectivity index (χ2n) is 9.54. The predicted octanol–water partition coefficient (Wildman–Crippen LogP) is 4.38. The van der Waals surface area contributed by atoms with Gasteiger partial charge in [0.1, 0.15) is 6.10 Å². The summed E-state index contributed by atoms with van der Waals surface area (Å²) >= 11 is 0. The summed E-state index contributed by atoms with van der Waals surface area (Å²) in [5, 5.41) is 11.2. The predicted molar refractivity (Wildman–Crippen MR) is 113 cm³/mol. The lowest BCUT2D eigenvalue weighted by Crippen LogP contribution is -2.60. The molecular weight excluding hydrogens is 384 g/mol. The Hall–Kier alpha value is -1.69. The van der Waals surface area contributed by atoms with E-state index in [0.29, 0.717) is 6.42 Å². The first-order valence-corrected chi connectivity index (χ1v) is 11.7. The van der Waals surface area contributed by atoms with Gasteiger partial charge in [-0.2, -0.15) is 8.42 Å². The third-order valence-corrected chi connectivity index (χ3v) is 8.65. The van der Waals surface area contributed by atoms with Crippen LogP contribution in [0.4, 0.5) is 0 Å². The number of rotatable bonds is 3. The van der Waals surface area contributed by atoms with Gasteiger partial charge in [-0.15, -0.1) is 0 Å². The van der Waals surface area contributed by atoms with E-state index in [1.165, 1.54) is 11.1 Å². The molecule has 0 spiro atoms. The molecule has 0 heterocycles. The topological polar surface area (TPSA) is 63.6 Å². The van der Waals surface area contributed by atoms with Crippen LogP contribution in [0.2, 0.25) is 0 Å². The van der Waals surface area contributed by atoms with Crippen molar-refractivity contribution in [3.8, 4) is 0 Å². The maximum atomic E-state index is 12.9. The zero-order valence-corrected chi connectivity index (χ0v) is 18.4. The minimum Gasteiger partial charge on any atom is -0.390 e. The van der Waals surface area contributed by atoms with Crippen LogP contribution in [0.15, 0.2) is 53.4 Å². The van der Waals surface area contributed by atoms with Crippen molar-refractivity contribution in [3.63, 3.8) is 0 Å². The Morgan fingerprint density at radius 3 is 2.38 bits per heavy atom. The molecule has 0 aliphatic heterocycles. The third kappa shape index (κ3) is 3.33. The molecule has 1 N–H and O–H groups in total. The molecule has 2 aromatic carbocycles. The van der Waals surface area contributed by atoms with Crippen LogP contribution in [0.1, 0.15) is 50.3 Å². The summed E-state index contributed by atoms with van der Waals surface area (Å²) in [5.41, 5.74) is 2.85. The van der Waals surface area contributed by atoms with Crippen molar-refractivity contribution >= 4 is 10.1 Å². The Morgan fingerprint density at radius 1 is 1.03 bits per heavy atom. The quantitative estimate of drug-likeness (QED) is 0.757. The molecule has 2 aliphatic rings. The van der Waals surface area contributed by atoms with E-state index in [0.717, 1.165) is 18.4 Å². The van der Waals surface area contributed by atoms with Gasteiger partial charge in [0.15, 0.2) is 0 Å². The van der Waals surface area contributed by atoms with Gasteiger partial charge in [0.05, 0.1) is 11.0 Å². The van der Waals surface area contributed by atoms with Crippen LogP contribution >= 0.6 is 0 Å². The minimum atomic E-state index is -3.96. The molecule has 4 atom stereocenters. The fourth-order valence-corrected chi connectivity index (χ4v) is 6.85. The highest BCUT2D eigenvalue weighted by atomic mass is 32.2. The van der Waals surface area contributed by atoms with Gasteiger partial charge < -0.3 is 5.11 Å². The molecule has 156 valence electrons. The number of aliphatic hydroxyl groups excluding tert-OH is 1. The van der Waals surface area contributed by atoms with Crippen molar-refractivity contribution in [1.82, 2.24) is 0 Å². The van der Waals surface area contributed by atoms with E-state index >= 15 is 0 Å². The summed E-state index contributed by atoms with van der Waals surface area (Å²) in [6.07, 6.45) is 0.800. The first kappa shape index (κ1) is 20.6. The molecular formula is C24H30O4S. The van der Waals surface area contributed by atoms with E-state index in [-0.39, 0.29) is 16.2 Å². The Bertz CT molecular complexity index is 1010. The first-order chi connectivity index (χ1) is 13.6. The molecule has 0 radical (unpaired) electrons. The van der Waals surface area contributed by atoms with Gasteiger partial charge in [-0.05, 0) is 66.2 Å². The van der Waals surface area contributed by atoms with Gasteiger partial charge >= 0.3 is 0 Å². The molecule has 2 aromatic rings. The first-order valence-electron chi connectivity index (χ1n) is 10.3. The van der Waals surface area contributed by atoms with Crippen LogP contribution in [0.25, 0.3) is 0 Å². The maximum Gasteiger partial charge on any atom is 0.297 e. The largest absolute Gasteiger partial charge is 0.390 e. The van der Waals surface area contributed by atoms with Crippen molar-refractivity contribution < 1.29 is 17.7 Å². The normalized spacial score (nSPS) is 31.0. The SMILES string of the molecule is Cc1ccc(S(=O)(=O)O[C@@H]2C[C@]3(C)c4ccccc4CC[C@H]3C(C)(C)[C@@H]2O)cc1. The summed E-state index contributed by atoms with van der Waals surface area (Å²) in [5.74, 6) is 0.252. The minimum absolute atomic E-state index is 0.129. The molecule has 5 heteroatoms. The van der Waals surface area contributed by atoms with E-state index in [9.17, 15) is 13.5 Å². The van der Waals surface area contributed by atoms with Gasteiger partial charge in [-0.3, -0.25) is 4.18 Å². The Morgan fingerprint density at radius 2 is 1.69 bits per heavy atom. The number of aliphatic hydroxyl groups is 1. The molecule has 1 saturated carbocycles. The number of hydrogen-bond acceptors (Lipinski definition) is 4. The molecule has 2 aliphatic carbocycles. The molecule has 0 aromatic heterocycles. The summed E-state index contributed by atoms with van der Waals surface area (Å²) in [7, 11) is -3.96. The fourth-order valence-electron chi connectivity index (χ4n) is 5.77. The second-order valence-corrected chi connectivity index (χ2v) is 11.1. The van der Waals surface area contributed by atoms with Crippen LogP contribution in [-0.2, 0) is 26.1 Å². The van der Waals surface area contributed by atoms with E-state index in [2.05, 4.69) is 25.1 Å². The number of benzene rings is 2. The molecule has 29 heavy (non-hydrogen) atoms. The third-order valence-electron chi connectivity index (χ3n) is 7.30. The smallest absolute Gasteiger partial charge is 0.297 e. The standard InChI is InChI=1S/C24H30O4S/c1-16-9-12-18(13-10-16)29(26,27)28-20-15-24(4)19-8-6-5-7-17(19)11-14-21(24)23(2,3)22(20)25/h5-10,12-13,20-22,25H,11,14-15H2,1-4H3/t20-,21+,22-,24-/m1/s1. The summed E-state index contributed by atoms with van der Waals surface area (Å²) in [4.78, 5) is 0.129. The van der Waals surface area contributed by atoms with E-state index in [1.54, 1.807) is 24.3 Å². The van der Waals surface area contributed by atoms with Crippen LogP contribution in [0.5, 0.6) is 0 Å². The molecule has 0 bridgehead atoms. The average molecular weight is 415 g/mol. The van der Waals surface area contributed by atoms with Gasteiger partial charge in [-0.1, -0.05) is 62.7 Å². The summed E-state index contributed by atoms with van der Waals surface area (Å²) < 4.78 is 31.6. The van der Waals surface area contributed by atoms with E-state index < -0.39 is 27.7 Å². The summed E-state index contributed by atoms with van der Waals surface area (Å²) in [6.45, 7) is 8.20. The van der Waals surface area contributed by atoms with Crippen LogP contribution in [0.3, 0.4) is 0 Å². The van der Waals surface area contributed by atoms with Crippen molar-refractivity contribution in [3.05, 3.63) is 65.2 Å². The number of fused-ring (bicyclic) bond motifs is 3. The Kier molecular flexibility index (Phi) is 4.92. The van der Waals surface area contributed by atoms with Crippen molar-refractivity contribution in [2.24, 2.45) is 11.3 Å². The van der Waals surface area contributed by atoms with Crippen LogP contribution in [0, 0.1) is 18.3 Å². The molecule has 4 nitrogen and oxygen atoms in total. The number of hydrogen-bond donors (Lipinski definition) is 1. The van der Waals surface area contributed by atoms with E-state index in [1.807, 2.05) is 26.8 Å². The van der Waals surface area contributed by atoms with Gasteiger partial charge in [0.2, 0.25) is 0 Å². The lowest BCUT2D eigenvalue weighted by Gasteiger charge is -2.58. The molecule has 4 rings (SSSR count). The fraction of sp³-hybridized carbons (Fsp3) is 0.500. The molecule has 0 saturated heterocycles. The van der Waals surface area contributed by atoms with Gasteiger partial charge in [-0.25, -0.2) is 0 Å².